The predicted molar refractivity (Wildman–Crippen MR) is 87.2 cm³/mol. The third-order valence-electron chi connectivity index (χ3n) is 4.10. The SMILES string of the molecule is CCCNc1nc(CC)nc(N(C)C2CCOCC2)c1C. The number of rotatable bonds is 6. The normalized spacial score (nSPS) is 16.0. The number of aromatic nitrogens is 2. The Morgan fingerprint density at radius 1 is 1.24 bits per heavy atom. The van der Waals surface area contributed by atoms with Crippen LogP contribution in [0.1, 0.15) is 44.5 Å². The van der Waals surface area contributed by atoms with E-state index < -0.39 is 0 Å². The van der Waals surface area contributed by atoms with E-state index >= 15 is 0 Å². The van der Waals surface area contributed by atoms with Crippen LogP contribution in [0.4, 0.5) is 11.6 Å². The zero-order chi connectivity index (χ0) is 15.2. The highest BCUT2D eigenvalue weighted by Crippen LogP contribution is 2.27. The molecule has 0 aromatic carbocycles. The Kier molecular flexibility index (Phi) is 5.79. The van der Waals surface area contributed by atoms with E-state index in [9.17, 15) is 0 Å². The van der Waals surface area contributed by atoms with Gasteiger partial charge in [0.1, 0.15) is 17.5 Å². The van der Waals surface area contributed by atoms with Gasteiger partial charge in [-0.15, -0.1) is 0 Å². The number of anilines is 2. The van der Waals surface area contributed by atoms with E-state index in [1.54, 1.807) is 0 Å². The number of aryl methyl sites for hydroxylation is 1. The molecule has 1 N–H and O–H groups in total. The molecular formula is C16H28N4O. The van der Waals surface area contributed by atoms with Gasteiger partial charge in [0.25, 0.3) is 0 Å². The number of nitrogens with one attached hydrogen (secondary N) is 1. The Morgan fingerprint density at radius 3 is 2.57 bits per heavy atom. The summed E-state index contributed by atoms with van der Waals surface area (Å²) >= 11 is 0. The maximum absolute atomic E-state index is 5.47. The van der Waals surface area contributed by atoms with Gasteiger partial charge in [0.2, 0.25) is 0 Å². The van der Waals surface area contributed by atoms with E-state index in [0.717, 1.165) is 68.5 Å². The average molecular weight is 292 g/mol. The number of hydrogen-bond acceptors (Lipinski definition) is 5. The molecular weight excluding hydrogens is 264 g/mol. The summed E-state index contributed by atoms with van der Waals surface area (Å²) < 4.78 is 5.47. The lowest BCUT2D eigenvalue weighted by atomic mass is 10.1. The zero-order valence-electron chi connectivity index (χ0n) is 13.8. The topological polar surface area (TPSA) is 50.3 Å². The Bertz CT molecular complexity index is 458. The second-order valence-electron chi connectivity index (χ2n) is 5.67. The Balaban J connectivity index is 2.27. The third-order valence-corrected chi connectivity index (χ3v) is 4.10. The fraction of sp³-hybridized carbons (Fsp3) is 0.750. The van der Waals surface area contributed by atoms with E-state index in [1.807, 2.05) is 0 Å². The summed E-state index contributed by atoms with van der Waals surface area (Å²) in [4.78, 5) is 11.7. The molecule has 1 aromatic rings. The van der Waals surface area contributed by atoms with Crippen molar-refractivity contribution in [3.8, 4) is 0 Å². The van der Waals surface area contributed by atoms with Crippen molar-refractivity contribution in [1.82, 2.24) is 9.97 Å². The van der Waals surface area contributed by atoms with Crippen molar-refractivity contribution in [3.63, 3.8) is 0 Å². The molecule has 118 valence electrons. The molecule has 21 heavy (non-hydrogen) atoms. The Hall–Kier alpha value is -1.36. The standard InChI is InChI=1S/C16H28N4O/c1-5-9-17-15-12(3)16(19-14(6-2)18-15)20(4)13-7-10-21-11-8-13/h13H,5-11H2,1-4H3,(H,17,18,19). The molecule has 0 atom stereocenters. The highest BCUT2D eigenvalue weighted by atomic mass is 16.5. The maximum Gasteiger partial charge on any atom is 0.137 e. The van der Waals surface area contributed by atoms with E-state index in [0.29, 0.717) is 6.04 Å². The first-order valence-electron chi connectivity index (χ1n) is 8.09. The van der Waals surface area contributed by atoms with Crippen LogP contribution < -0.4 is 10.2 Å². The first kappa shape index (κ1) is 16.0. The summed E-state index contributed by atoms with van der Waals surface area (Å²) in [6, 6.07) is 0.510. The molecule has 0 radical (unpaired) electrons. The highest BCUT2D eigenvalue weighted by Gasteiger charge is 2.22. The first-order chi connectivity index (χ1) is 10.2. The van der Waals surface area contributed by atoms with Crippen molar-refractivity contribution in [2.45, 2.75) is 52.5 Å². The van der Waals surface area contributed by atoms with Crippen molar-refractivity contribution in [2.24, 2.45) is 0 Å². The average Bonchev–Trinajstić information content (AvgIpc) is 2.54. The van der Waals surface area contributed by atoms with Crippen LogP contribution in [0.2, 0.25) is 0 Å². The molecule has 1 fully saturated rings. The molecule has 1 aromatic heterocycles. The molecule has 0 saturated carbocycles. The fourth-order valence-electron chi connectivity index (χ4n) is 2.71. The fourth-order valence-corrected chi connectivity index (χ4v) is 2.71. The number of nitrogens with zero attached hydrogens (tertiary/aromatic N) is 3. The minimum absolute atomic E-state index is 0.510. The van der Waals surface area contributed by atoms with Gasteiger partial charge in [0, 0.05) is 44.8 Å². The van der Waals surface area contributed by atoms with Gasteiger partial charge in [0.15, 0.2) is 0 Å². The van der Waals surface area contributed by atoms with Crippen LogP contribution in [0.3, 0.4) is 0 Å². The molecule has 5 heteroatoms. The van der Waals surface area contributed by atoms with Crippen molar-refractivity contribution in [2.75, 3.05) is 37.0 Å². The largest absolute Gasteiger partial charge is 0.381 e. The van der Waals surface area contributed by atoms with E-state index in [4.69, 9.17) is 9.72 Å². The monoisotopic (exact) mass is 292 g/mol. The molecule has 1 aliphatic heterocycles. The quantitative estimate of drug-likeness (QED) is 0.873. The highest BCUT2D eigenvalue weighted by molar-refractivity contribution is 5.58. The molecule has 2 rings (SSSR count). The van der Waals surface area contributed by atoms with Crippen LogP contribution >= 0.6 is 0 Å². The van der Waals surface area contributed by atoms with Crippen molar-refractivity contribution >= 4 is 11.6 Å². The second-order valence-corrected chi connectivity index (χ2v) is 5.67. The molecule has 1 aliphatic rings. The van der Waals surface area contributed by atoms with Crippen LogP contribution in [0.25, 0.3) is 0 Å². The summed E-state index contributed by atoms with van der Waals surface area (Å²) in [6.45, 7) is 9.03. The minimum Gasteiger partial charge on any atom is -0.381 e. The summed E-state index contributed by atoms with van der Waals surface area (Å²) in [5.41, 5.74) is 1.15. The van der Waals surface area contributed by atoms with Gasteiger partial charge in [-0.05, 0) is 26.2 Å². The van der Waals surface area contributed by atoms with Crippen LogP contribution in [-0.2, 0) is 11.2 Å². The predicted octanol–water partition coefficient (Wildman–Crippen LogP) is 2.78. The molecule has 0 bridgehead atoms. The Labute approximate surface area is 128 Å². The van der Waals surface area contributed by atoms with Gasteiger partial charge in [0.05, 0.1) is 0 Å². The lowest BCUT2D eigenvalue weighted by Crippen LogP contribution is -2.37. The number of ether oxygens (including phenoxy) is 1. The zero-order valence-corrected chi connectivity index (χ0v) is 13.8. The first-order valence-corrected chi connectivity index (χ1v) is 8.09. The van der Waals surface area contributed by atoms with Gasteiger partial charge in [-0.25, -0.2) is 9.97 Å². The minimum atomic E-state index is 0.510. The Morgan fingerprint density at radius 2 is 1.95 bits per heavy atom. The van der Waals surface area contributed by atoms with Gasteiger partial charge in [-0.2, -0.15) is 0 Å². The molecule has 0 unspecified atom stereocenters. The van der Waals surface area contributed by atoms with E-state index in [1.165, 1.54) is 0 Å². The maximum atomic E-state index is 5.47. The smallest absolute Gasteiger partial charge is 0.137 e. The lowest BCUT2D eigenvalue weighted by Gasteiger charge is -2.33. The molecule has 0 aliphatic carbocycles. The van der Waals surface area contributed by atoms with Crippen LogP contribution in [-0.4, -0.2) is 42.8 Å². The van der Waals surface area contributed by atoms with Crippen LogP contribution in [0.5, 0.6) is 0 Å². The molecule has 2 heterocycles. The van der Waals surface area contributed by atoms with Crippen LogP contribution in [0, 0.1) is 6.92 Å². The van der Waals surface area contributed by atoms with Crippen LogP contribution in [0.15, 0.2) is 0 Å². The van der Waals surface area contributed by atoms with Crippen molar-refractivity contribution < 1.29 is 4.74 Å². The summed E-state index contributed by atoms with van der Waals surface area (Å²) in [5.74, 6) is 2.96. The summed E-state index contributed by atoms with van der Waals surface area (Å²) in [7, 11) is 2.15. The van der Waals surface area contributed by atoms with Gasteiger partial charge in [-0.3, -0.25) is 0 Å². The molecule has 0 spiro atoms. The van der Waals surface area contributed by atoms with E-state index in [2.05, 4.69) is 43.0 Å². The number of hydrogen-bond donors (Lipinski definition) is 1. The molecule has 5 nitrogen and oxygen atoms in total. The molecule has 0 amide bonds. The van der Waals surface area contributed by atoms with Gasteiger partial charge in [-0.1, -0.05) is 13.8 Å². The van der Waals surface area contributed by atoms with E-state index in [-0.39, 0.29) is 0 Å². The van der Waals surface area contributed by atoms with Gasteiger partial charge < -0.3 is 15.0 Å². The second kappa shape index (κ2) is 7.59. The van der Waals surface area contributed by atoms with Gasteiger partial charge >= 0.3 is 0 Å². The summed E-state index contributed by atoms with van der Waals surface area (Å²) in [6.07, 6.45) is 4.09. The third kappa shape index (κ3) is 3.84. The van der Waals surface area contributed by atoms with Crippen molar-refractivity contribution in [3.05, 3.63) is 11.4 Å². The van der Waals surface area contributed by atoms with Crippen molar-refractivity contribution in [1.29, 1.82) is 0 Å². The lowest BCUT2D eigenvalue weighted by molar-refractivity contribution is 0.0853. The molecule has 1 saturated heterocycles. The summed E-state index contributed by atoms with van der Waals surface area (Å²) in [5, 5.41) is 3.43.